The van der Waals surface area contributed by atoms with Crippen LogP contribution in [0.1, 0.15) is 11.5 Å². The highest BCUT2D eigenvalue weighted by Crippen LogP contribution is 2.30. The van der Waals surface area contributed by atoms with Crippen molar-refractivity contribution in [3.63, 3.8) is 0 Å². The average molecular weight is 425 g/mol. The van der Waals surface area contributed by atoms with Gasteiger partial charge in [-0.05, 0) is 35.9 Å². The largest absolute Gasteiger partial charge is 0.493 e. The van der Waals surface area contributed by atoms with E-state index in [1.54, 1.807) is 25.1 Å². The minimum absolute atomic E-state index is 0.441. The van der Waals surface area contributed by atoms with E-state index in [0.29, 0.717) is 23.3 Å². The number of benzene rings is 3. The molecule has 5 aromatic rings. The lowest BCUT2D eigenvalue weighted by Gasteiger charge is -2.05. The molecule has 0 bridgehead atoms. The van der Waals surface area contributed by atoms with Gasteiger partial charge in [0.05, 0.1) is 19.9 Å². The summed E-state index contributed by atoms with van der Waals surface area (Å²) in [6.07, 6.45) is 3.70. The van der Waals surface area contributed by atoms with Crippen molar-refractivity contribution in [1.82, 2.24) is 25.2 Å². The van der Waals surface area contributed by atoms with Crippen LogP contribution in [-0.4, -0.2) is 39.4 Å². The summed E-state index contributed by atoms with van der Waals surface area (Å²) in [5.41, 5.74) is 4.14. The molecule has 0 aliphatic heterocycles. The van der Waals surface area contributed by atoms with Crippen molar-refractivity contribution in [3.8, 4) is 28.6 Å². The van der Waals surface area contributed by atoms with Gasteiger partial charge in [-0.25, -0.2) is 0 Å². The third kappa shape index (κ3) is 3.81. The van der Waals surface area contributed by atoms with Crippen molar-refractivity contribution >= 4 is 23.2 Å². The number of hydrogen-bond acceptors (Lipinski definition) is 7. The second-order valence-corrected chi connectivity index (χ2v) is 6.92. The smallest absolute Gasteiger partial charge is 0.248 e. The molecule has 0 N–H and O–H groups in total. The Balaban J connectivity index is 1.35. The molecule has 3 aromatic carbocycles. The minimum atomic E-state index is 0.441. The fraction of sp³-hybridized carbons (Fsp3) is 0.0833. The summed E-state index contributed by atoms with van der Waals surface area (Å²) in [6.45, 7) is 0. The van der Waals surface area contributed by atoms with E-state index >= 15 is 0 Å². The topological polar surface area (TPSA) is 88.1 Å². The zero-order valence-corrected chi connectivity index (χ0v) is 17.5. The SMILES string of the molecule is COc1cc2nn(-c3ccc(/C=C/c4nnc(-c5ccccc5)o4)cc3)nc2cc1OC. The Morgan fingerprint density at radius 2 is 1.44 bits per heavy atom. The predicted molar refractivity (Wildman–Crippen MR) is 121 cm³/mol. The Morgan fingerprint density at radius 1 is 0.781 bits per heavy atom. The van der Waals surface area contributed by atoms with E-state index < -0.39 is 0 Å². The normalized spacial score (nSPS) is 11.3. The zero-order chi connectivity index (χ0) is 21.9. The maximum absolute atomic E-state index is 5.70. The van der Waals surface area contributed by atoms with Crippen LogP contribution in [0.5, 0.6) is 11.5 Å². The molecule has 2 aromatic heterocycles. The van der Waals surface area contributed by atoms with Crippen molar-refractivity contribution in [3.05, 3.63) is 78.2 Å². The van der Waals surface area contributed by atoms with Gasteiger partial charge in [-0.15, -0.1) is 20.4 Å². The molecule has 0 unspecified atom stereocenters. The van der Waals surface area contributed by atoms with Gasteiger partial charge in [0.15, 0.2) is 11.5 Å². The van der Waals surface area contributed by atoms with Gasteiger partial charge in [-0.2, -0.15) is 4.80 Å². The number of ether oxygens (including phenoxy) is 2. The van der Waals surface area contributed by atoms with E-state index in [1.165, 1.54) is 0 Å². The molecule has 0 radical (unpaired) electrons. The lowest BCUT2D eigenvalue weighted by Crippen LogP contribution is -1.97. The zero-order valence-electron chi connectivity index (χ0n) is 17.5. The van der Waals surface area contributed by atoms with E-state index in [1.807, 2.05) is 72.8 Å². The molecular weight excluding hydrogens is 406 g/mol. The van der Waals surface area contributed by atoms with Crippen LogP contribution in [-0.2, 0) is 0 Å². The van der Waals surface area contributed by atoms with Gasteiger partial charge in [0.25, 0.3) is 0 Å². The standard InChI is InChI=1S/C24H19N5O3/c1-30-21-14-19-20(15-22(21)31-2)28-29(27-19)18-11-8-16(9-12-18)10-13-23-25-26-24(32-23)17-6-4-3-5-7-17/h3-15H,1-2H3/b13-10+. The molecule has 8 heteroatoms. The highest BCUT2D eigenvalue weighted by Gasteiger charge is 2.11. The molecule has 0 aliphatic rings. The monoisotopic (exact) mass is 425 g/mol. The number of fused-ring (bicyclic) bond motifs is 1. The van der Waals surface area contributed by atoms with Gasteiger partial charge in [0.2, 0.25) is 11.8 Å². The van der Waals surface area contributed by atoms with Gasteiger partial charge in [0.1, 0.15) is 11.0 Å². The molecule has 0 aliphatic carbocycles. The summed E-state index contributed by atoms with van der Waals surface area (Å²) in [5, 5.41) is 17.3. The summed E-state index contributed by atoms with van der Waals surface area (Å²) in [6, 6.07) is 21.1. The highest BCUT2D eigenvalue weighted by molar-refractivity contribution is 5.79. The van der Waals surface area contributed by atoms with Gasteiger partial charge < -0.3 is 13.9 Å². The van der Waals surface area contributed by atoms with Crippen LogP contribution >= 0.6 is 0 Å². The van der Waals surface area contributed by atoms with Gasteiger partial charge in [-0.3, -0.25) is 0 Å². The first-order valence-electron chi connectivity index (χ1n) is 9.90. The fourth-order valence-electron chi connectivity index (χ4n) is 3.25. The number of rotatable bonds is 6. The van der Waals surface area contributed by atoms with Crippen LogP contribution in [0.3, 0.4) is 0 Å². The molecule has 0 amide bonds. The maximum atomic E-state index is 5.70. The third-order valence-electron chi connectivity index (χ3n) is 4.89. The Morgan fingerprint density at radius 3 is 2.06 bits per heavy atom. The first-order chi connectivity index (χ1) is 15.7. The first-order valence-corrected chi connectivity index (χ1v) is 9.90. The van der Waals surface area contributed by atoms with Gasteiger partial charge in [-0.1, -0.05) is 30.3 Å². The lowest BCUT2D eigenvalue weighted by molar-refractivity contribution is 0.356. The molecule has 2 heterocycles. The summed E-state index contributed by atoms with van der Waals surface area (Å²) in [5.74, 6) is 2.16. The second-order valence-electron chi connectivity index (χ2n) is 6.92. The van der Waals surface area contributed by atoms with Crippen LogP contribution in [0.25, 0.3) is 40.3 Å². The molecule has 0 saturated heterocycles. The Bertz CT molecular complexity index is 1350. The van der Waals surface area contributed by atoms with Crippen LogP contribution < -0.4 is 9.47 Å². The maximum Gasteiger partial charge on any atom is 0.248 e. The molecule has 0 fully saturated rings. The van der Waals surface area contributed by atoms with Crippen molar-refractivity contribution in [2.45, 2.75) is 0 Å². The number of methoxy groups -OCH3 is 2. The summed E-state index contributed by atoms with van der Waals surface area (Å²) < 4.78 is 16.4. The van der Waals surface area contributed by atoms with Crippen molar-refractivity contribution in [1.29, 1.82) is 0 Å². The van der Waals surface area contributed by atoms with Crippen molar-refractivity contribution < 1.29 is 13.9 Å². The Hall–Kier alpha value is -4.46. The predicted octanol–water partition coefficient (Wildman–Crippen LogP) is 4.66. The van der Waals surface area contributed by atoms with Crippen LogP contribution in [0, 0.1) is 0 Å². The molecule has 0 spiro atoms. The van der Waals surface area contributed by atoms with E-state index in [2.05, 4.69) is 20.4 Å². The van der Waals surface area contributed by atoms with Gasteiger partial charge >= 0.3 is 0 Å². The fourth-order valence-corrected chi connectivity index (χ4v) is 3.25. The molecule has 158 valence electrons. The molecule has 5 rings (SSSR count). The number of nitrogens with zero attached hydrogens (tertiary/aromatic N) is 5. The minimum Gasteiger partial charge on any atom is -0.493 e. The van der Waals surface area contributed by atoms with Crippen molar-refractivity contribution in [2.24, 2.45) is 0 Å². The van der Waals surface area contributed by atoms with Crippen molar-refractivity contribution in [2.75, 3.05) is 14.2 Å². The second kappa shape index (κ2) is 8.35. The Kier molecular flexibility index (Phi) is 5.09. The van der Waals surface area contributed by atoms with E-state index in [-0.39, 0.29) is 0 Å². The Labute approximate surface area is 183 Å². The van der Waals surface area contributed by atoms with E-state index in [0.717, 1.165) is 27.8 Å². The number of hydrogen-bond donors (Lipinski definition) is 0. The van der Waals surface area contributed by atoms with Crippen LogP contribution in [0.15, 0.2) is 71.1 Å². The number of aromatic nitrogens is 5. The summed E-state index contributed by atoms with van der Waals surface area (Å²) >= 11 is 0. The summed E-state index contributed by atoms with van der Waals surface area (Å²) in [7, 11) is 3.19. The first kappa shape index (κ1) is 19.5. The lowest BCUT2D eigenvalue weighted by atomic mass is 10.2. The quantitative estimate of drug-likeness (QED) is 0.391. The molecule has 8 nitrogen and oxygen atoms in total. The molecule has 0 saturated carbocycles. The molecule has 0 atom stereocenters. The average Bonchev–Trinajstić information content (AvgIpc) is 3.49. The van der Waals surface area contributed by atoms with E-state index in [9.17, 15) is 0 Å². The third-order valence-corrected chi connectivity index (χ3v) is 4.89. The van der Waals surface area contributed by atoms with Crippen LogP contribution in [0.4, 0.5) is 0 Å². The molecular formula is C24H19N5O3. The van der Waals surface area contributed by atoms with Gasteiger partial charge in [0, 0.05) is 23.8 Å². The molecule has 32 heavy (non-hydrogen) atoms. The summed E-state index contributed by atoms with van der Waals surface area (Å²) in [4.78, 5) is 1.58. The van der Waals surface area contributed by atoms with Crippen LogP contribution in [0.2, 0.25) is 0 Å². The highest BCUT2D eigenvalue weighted by atomic mass is 16.5. The van der Waals surface area contributed by atoms with E-state index in [4.69, 9.17) is 13.9 Å².